The first-order valence-electron chi connectivity index (χ1n) is 4.68. The highest BCUT2D eigenvalue weighted by atomic mass is 19.4. The summed E-state index contributed by atoms with van der Waals surface area (Å²) in [6.45, 7) is -0.951. The lowest BCUT2D eigenvalue weighted by molar-refractivity contribution is -0.233. The van der Waals surface area contributed by atoms with E-state index in [9.17, 15) is 26.7 Å². The topological polar surface area (TPSA) is 47.6 Å². The Morgan fingerprint density at radius 2 is 2.06 bits per heavy atom. The van der Waals surface area contributed by atoms with Crippen LogP contribution in [0.3, 0.4) is 0 Å². The average molecular weight is 261 g/mol. The summed E-state index contributed by atoms with van der Waals surface area (Å²) in [5.41, 5.74) is -1.54. The molecule has 0 aromatic rings. The van der Waals surface area contributed by atoms with Gasteiger partial charge >= 0.3 is 12.1 Å². The van der Waals surface area contributed by atoms with Gasteiger partial charge in [0.25, 0.3) is 5.92 Å². The number of carbonyl (C=O) groups excluding carboxylic acids is 1. The van der Waals surface area contributed by atoms with Crippen LogP contribution in [-0.4, -0.2) is 43.0 Å². The van der Waals surface area contributed by atoms with Gasteiger partial charge in [0.05, 0.1) is 0 Å². The van der Waals surface area contributed by atoms with Gasteiger partial charge in [-0.15, -0.1) is 0 Å². The van der Waals surface area contributed by atoms with Crippen LogP contribution in [0.2, 0.25) is 0 Å². The van der Waals surface area contributed by atoms with E-state index in [0.29, 0.717) is 0 Å². The zero-order valence-corrected chi connectivity index (χ0v) is 8.31. The van der Waals surface area contributed by atoms with E-state index in [4.69, 9.17) is 4.74 Å². The third-order valence-electron chi connectivity index (χ3n) is 2.65. The monoisotopic (exact) mass is 261 g/mol. The summed E-state index contributed by atoms with van der Waals surface area (Å²) in [7, 11) is 0. The van der Waals surface area contributed by atoms with E-state index in [0.717, 1.165) is 0 Å². The van der Waals surface area contributed by atoms with Crippen LogP contribution in [0.4, 0.5) is 22.0 Å². The maximum absolute atomic E-state index is 12.9. The van der Waals surface area contributed by atoms with Crippen molar-refractivity contribution in [2.45, 2.75) is 30.3 Å². The van der Waals surface area contributed by atoms with Gasteiger partial charge in [0.2, 0.25) is 0 Å². The van der Waals surface area contributed by atoms with E-state index in [1.165, 1.54) is 0 Å². The summed E-state index contributed by atoms with van der Waals surface area (Å²) in [5.74, 6) is -5.53. The number of hydrogen-bond donors (Lipinski definition) is 1. The van der Waals surface area contributed by atoms with Crippen molar-refractivity contribution < 1.29 is 36.2 Å². The summed E-state index contributed by atoms with van der Waals surface area (Å²) in [6, 6.07) is 0. The summed E-state index contributed by atoms with van der Waals surface area (Å²) in [4.78, 5) is 10.5. The Morgan fingerprint density at radius 1 is 1.41 bits per heavy atom. The molecule has 2 aliphatic rings. The van der Waals surface area contributed by atoms with Gasteiger partial charge in [0.15, 0.2) is 6.23 Å². The van der Waals surface area contributed by atoms with Crippen LogP contribution in [0.1, 0.15) is 6.42 Å². The summed E-state index contributed by atoms with van der Waals surface area (Å²) >= 11 is 0. The normalized spacial score (nSPS) is 35.7. The third-order valence-corrected chi connectivity index (χ3v) is 2.65. The Hall–Kier alpha value is -0.960. The predicted molar refractivity (Wildman–Crippen MR) is 42.2 cm³/mol. The largest absolute Gasteiger partial charge is 0.490 e. The molecular formula is C8H8F5NO3. The highest BCUT2D eigenvalue weighted by Gasteiger charge is 2.62. The molecule has 0 saturated carbocycles. The van der Waals surface area contributed by atoms with Gasteiger partial charge in [-0.2, -0.15) is 13.2 Å². The highest BCUT2D eigenvalue weighted by Crippen LogP contribution is 2.43. The maximum Gasteiger partial charge on any atom is 0.490 e. The second kappa shape index (κ2) is 3.52. The van der Waals surface area contributed by atoms with Gasteiger partial charge in [0, 0.05) is 13.0 Å². The van der Waals surface area contributed by atoms with E-state index in [2.05, 4.69) is 10.1 Å². The molecule has 9 heteroatoms. The van der Waals surface area contributed by atoms with E-state index in [-0.39, 0.29) is 6.54 Å². The number of nitrogens with one attached hydrogen (secondary N) is 1. The second-order valence-electron chi connectivity index (χ2n) is 4.05. The first kappa shape index (κ1) is 12.5. The fourth-order valence-corrected chi connectivity index (χ4v) is 1.81. The van der Waals surface area contributed by atoms with Crippen molar-refractivity contribution >= 4 is 5.97 Å². The zero-order chi connectivity index (χ0) is 12.9. The molecule has 2 aliphatic heterocycles. The minimum Gasteiger partial charge on any atom is -0.437 e. The molecule has 1 N–H and O–H groups in total. The summed E-state index contributed by atoms with van der Waals surface area (Å²) < 4.78 is 70.3. The number of halogens is 5. The lowest BCUT2D eigenvalue weighted by Gasteiger charge is -2.45. The molecular weight excluding hydrogens is 253 g/mol. The SMILES string of the molecule is O=C(OC1NCC12CC(F)(F)CO2)C(F)(F)F. The van der Waals surface area contributed by atoms with Crippen molar-refractivity contribution in [1.82, 2.24) is 5.32 Å². The van der Waals surface area contributed by atoms with Crippen LogP contribution in [0.5, 0.6) is 0 Å². The van der Waals surface area contributed by atoms with Crippen molar-refractivity contribution in [2.24, 2.45) is 0 Å². The molecule has 17 heavy (non-hydrogen) atoms. The van der Waals surface area contributed by atoms with Crippen LogP contribution in [0, 0.1) is 0 Å². The number of rotatable bonds is 1. The molecule has 2 unspecified atom stereocenters. The first-order chi connectivity index (χ1) is 7.65. The van der Waals surface area contributed by atoms with Crippen molar-refractivity contribution in [3.8, 4) is 0 Å². The molecule has 0 bridgehead atoms. The van der Waals surface area contributed by atoms with Gasteiger partial charge in [0.1, 0.15) is 12.2 Å². The quantitative estimate of drug-likeness (QED) is 0.560. The average Bonchev–Trinajstić information content (AvgIpc) is 2.50. The van der Waals surface area contributed by atoms with Crippen LogP contribution < -0.4 is 5.32 Å². The van der Waals surface area contributed by atoms with Crippen molar-refractivity contribution in [3.05, 3.63) is 0 Å². The van der Waals surface area contributed by atoms with Gasteiger partial charge < -0.3 is 9.47 Å². The number of carbonyl (C=O) groups is 1. The molecule has 2 fully saturated rings. The molecule has 2 heterocycles. The minimum absolute atomic E-state index is 0.0710. The fourth-order valence-electron chi connectivity index (χ4n) is 1.81. The molecule has 2 saturated heterocycles. The molecule has 2 rings (SSSR count). The molecule has 0 radical (unpaired) electrons. The first-order valence-corrected chi connectivity index (χ1v) is 4.68. The highest BCUT2D eigenvalue weighted by molar-refractivity contribution is 5.75. The molecule has 98 valence electrons. The van der Waals surface area contributed by atoms with Crippen molar-refractivity contribution in [2.75, 3.05) is 13.2 Å². The van der Waals surface area contributed by atoms with Crippen LogP contribution in [-0.2, 0) is 14.3 Å². The third kappa shape index (κ3) is 2.21. The lowest BCUT2D eigenvalue weighted by Crippen LogP contribution is -2.69. The molecule has 0 aromatic heterocycles. The zero-order valence-electron chi connectivity index (χ0n) is 8.31. The molecule has 0 amide bonds. The number of alkyl halides is 5. The van der Waals surface area contributed by atoms with Crippen LogP contribution in [0.25, 0.3) is 0 Å². The van der Waals surface area contributed by atoms with Gasteiger partial charge in [-0.05, 0) is 0 Å². The standard InChI is InChI=1S/C8H8F5NO3/c9-7(10)1-6(16-3-7)2-14-4(6)17-5(15)8(11,12)13/h4,14H,1-3H2. The Bertz CT molecular complexity index is 345. The Kier molecular flexibility index (Phi) is 2.58. The maximum atomic E-state index is 12.9. The minimum atomic E-state index is -5.15. The number of esters is 1. The predicted octanol–water partition coefficient (Wildman–Crippen LogP) is 0.816. The smallest absolute Gasteiger partial charge is 0.437 e. The fraction of sp³-hybridized carbons (Fsp3) is 0.875. The number of ether oxygens (including phenoxy) is 2. The molecule has 2 atom stereocenters. The van der Waals surface area contributed by atoms with Crippen LogP contribution in [0.15, 0.2) is 0 Å². The Balaban J connectivity index is 1.99. The Morgan fingerprint density at radius 3 is 2.41 bits per heavy atom. The number of hydrogen-bond acceptors (Lipinski definition) is 4. The van der Waals surface area contributed by atoms with E-state index >= 15 is 0 Å². The van der Waals surface area contributed by atoms with Crippen molar-refractivity contribution in [1.29, 1.82) is 0 Å². The molecule has 0 aliphatic carbocycles. The molecule has 0 aromatic carbocycles. The van der Waals surface area contributed by atoms with E-state index < -0.39 is 42.9 Å². The molecule has 4 nitrogen and oxygen atoms in total. The second-order valence-corrected chi connectivity index (χ2v) is 4.05. The Labute approximate surface area is 92.0 Å². The van der Waals surface area contributed by atoms with Gasteiger partial charge in [-0.1, -0.05) is 0 Å². The summed E-state index contributed by atoms with van der Waals surface area (Å²) in [6.07, 6.45) is -7.40. The lowest BCUT2D eigenvalue weighted by atomic mass is 9.89. The molecule has 1 spiro atoms. The summed E-state index contributed by atoms with van der Waals surface area (Å²) in [5, 5.41) is 2.32. The van der Waals surface area contributed by atoms with Crippen molar-refractivity contribution in [3.63, 3.8) is 0 Å². The van der Waals surface area contributed by atoms with E-state index in [1.54, 1.807) is 0 Å². The van der Waals surface area contributed by atoms with Gasteiger partial charge in [-0.3, -0.25) is 5.32 Å². The van der Waals surface area contributed by atoms with Gasteiger partial charge in [-0.25, -0.2) is 13.6 Å². The van der Waals surface area contributed by atoms with E-state index in [1.807, 2.05) is 0 Å². The van der Waals surface area contributed by atoms with Crippen LogP contribution >= 0.6 is 0 Å².